The molecule has 88 valence electrons. The van der Waals surface area contributed by atoms with E-state index >= 15 is 0 Å². The Labute approximate surface area is 95.4 Å². The first-order chi connectivity index (χ1) is 7.79. The van der Waals surface area contributed by atoms with Crippen LogP contribution in [0.25, 0.3) is 0 Å². The molecule has 1 fully saturated rings. The number of ether oxygens (including phenoxy) is 1. The SMILES string of the molecule is COC(=O)C1CC2=C(CN1)NC1CCCC21. The molecule has 3 unspecified atom stereocenters. The standard InChI is InChI=1S/C12H18N2O2/c1-16-12(15)10-5-8-7-3-2-4-9(7)14-11(8)6-13-10/h7,9-10,13-14H,2-6H2,1H3. The highest BCUT2D eigenvalue weighted by Crippen LogP contribution is 2.41. The molecule has 0 radical (unpaired) electrons. The fourth-order valence-corrected chi connectivity index (χ4v) is 3.36. The number of esters is 1. The van der Waals surface area contributed by atoms with E-state index < -0.39 is 0 Å². The van der Waals surface area contributed by atoms with Gasteiger partial charge in [0.25, 0.3) is 0 Å². The molecule has 1 aliphatic carbocycles. The molecule has 3 aliphatic rings. The molecule has 2 heterocycles. The molecule has 4 heteroatoms. The first kappa shape index (κ1) is 10.1. The van der Waals surface area contributed by atoms with Crippen molar-refractivity contribution in [3.05, 3.63) is 11.3 Å². The Morgan fingerprint density at radius 3 is 3.12 bits per heavy atom. The minimum Gasteiger partial charge on any atom is -0.468 e. The summed E-state index contributed by atoms with van der Waals surface area (Å²) in [5.41, 5.74) is 2.83. The van der Waals surface area contributed by atoms with Gasteiger partial charge in [0.05, 0.1) is 7.11 Å². The molecule has 3 atom stereocenters. The minimum atomic E-state index is -0.134. The van der Waals surface area contributed by atoms with Gasteiger partial charge in [-0.2, -0.15) is 0 Å². The molecule has 16 heavy (non-hydrogen) atoms. The predicted molar refractivity (Wildman–Crippen MR) is 59.7 cm³/mol. The summed E-state index contributed by atoms with van der Waals surface area (Å²) >= 11 is 0. The van der Waals surface area contributed by atoms with Gasteiger partial charge in [0.1, 0.15) is 6.04 Å². The van der Waals surface area contributed by atoms with Gasteiger partial charge in [-0.15, -0.1) is 0 Å². The summed E-state index contributed by atoms with van der Waals surface area (Å²) < 4.78 is 4.81. The van der Waals surface area contributed by atoms with E-state index in [-0.39, 0.29) is 12.0 Å². The second-order valence-corrected chi connectivity index (χ2v) is 4.95. The number of nitrogens with one attached hydrogen (secondary N) is 2. The Balaban J connectivity index is 1.77. The summed E-state index contributed by atoms with van der Waals surface area (Å²) in [6.07, 6.45) is 4.70. The highest BCUT2D eigenvalue weighted by Gasteiger charge is 2.41. The average Bonchev–Trinajstić information content (AvgIpc) is 2.87. The monoisotopic (exact) mass is 222 g/mol. The Bertz CT molecular complexity index is 351. The van der Waals surface area contributed by atoms with E-state index in [4.69, 9.17) is 4.74 Å². The fraction of sp³-hybridized carbons (Fsp3) is 0.750. The molecule has 4 nitrogen and oxygen atoms in total. The highest BCUT2D eigenvalue weighted by molar-refractivity contribution is 5.76. The summed E-state index contributed by atoms with van der Waals surface area (Å²) in [4.78, 5) is 11.5. The zero-order chi connectivity index (χ0) is 11.1. The molecule has 0 aromatic carbocycles. The highest BCUT2D eigenvalue weighted by atomic mass is 16.5. The van der Waals surface area contributed by atoms with E-state index in [9.17, 15) is 4.79 Å². The molecular weight excluding hydrogens is 204 g/mol. The van der Waals surface area contributed by atoms with Crippen LogP contribution < -0.4 is 10.6 Å². The van der Waals surface area contributed by atoms with Crippen molar-refractivity contribution >= 4 is 5.97 Å². The van der Waals surface area contributed by atoms with Gasteiger partial charge in [-0.05, 0) is 24.8 Å². The topological polar surface area (TPSA) is 50.4 Å². The number of rotatable bonds is 1. The zero-order valence-corrected chi connectivity index (χ0v) is 9.58. The molecule has 0 aromatic heterocycles. The smallest absolute Gasteiger partial charge is 0.323 e. The third kappa shape index (κ3) is 1.44. The maximum Gasteiger partial charge on any atom is 0.323 e. The van der Waals surface area contributed by atoms with Crippen LogP contribution in [0.15, 0.2) is 11.3 Å². The number of hydrogen-bond donors (Lipinski definition) is 2. The lowest BCUT2D eigenvalue weighted by atomic mass is 9.89. The van der Waals surface area contributed by atoms with E-state index in [2.05, 4.69) is 10.6 Å². The molecule has 0 amide bonds. The molecule has 0 saturated heterocycles. The second kappa shape index (κ2) is 3.77. The van der Waals surface area contributed by atoms with Gasteiger partial charge >= 0.3 is 5.97 Å². The lowest BCUT2D eigenvalue weighted by Crippen LogP contribution is -2.43. The van der Waals surface area contributed by atoms with Gasteiger partial charge in [-0.1, -0.05) is 6.42 Å². The maximum absolute atomic E-state index is 11.5. The van der Waals surface area contributed by atoms with E-state index in [0.29, 0.717) is 12.0 Å². The van der Waals surface area contributed by atoms with Crippen molar-refractivity contribution in [3.8, 4) is 0 Å². The van der Waals surface area contributed by atoms with Gasteiger partial charge in [0.15, 0.2) is 0 Å². The van der Waals surface area contributed by atoms with Crippen LogP contribution in [0.5, 0.6) is 0 Å². The van der Waals surface area contributed by atoms with Crippen molar-refractivity contribution < 1.29 is 9.53 Å². The van der Waals surface area contributed by atoms with Gasteiger partial charge in [0.2, 0.25) is 0 Å². The maximum atomic E-state index is 11.5. The van der Waals surface area contributed by atoms with Crippen molar-refractivity contribution in [2.75, 3.05) is 13.7 Å². The first-order valence-corrected chi connectivity index (χ1v) is 6.09. The normalized spacial score (nSPS) is 36.7. The van der Waals surface area contributed by atoms with Crippen LogP contribution >= 0.6 is 0 Å². The summed E-state index contributed by atoms with van der Waals surface area (Å²) in [6, 6.07) is 0.507. The second-order valence-electron chi connectivity index (χ2n) is 4.95. The van der Waals surface area contributed by atoms with Gasteiger partial charge in [0, 0.05) is 24.2 Å². The minimum absolute atomic E-state index is 0.131. The summed E-state index contributed by atoms with van der Waals surface area (Å²) in [5, 5.41) is 6.83. The first-order valence-electron chi connectivity index (χ1n) is 6.09. The van der Waals surface area contributed by atoms with Gasteiger partial charge in [-0.3, -0.25) is 10.1 Å². The van der Waals surface area contributed by atoms with Crippen LogP contribution in [-0.2, 0) is 9.53 Å². The summed E-state index contributed by atoms with van der Waals surface area (Å²) in [7, 11) is 1.46. The zero-order valence-electron chi connectivity index (χ0n) is 9.58. The molecule has 3 rings (SSSR count). The Kier molecular flexibility index (Phi) is 2.39. The molecule has 2 aliphatic heterocycles. The van der Waals surface area contributed by atoms with Crippen LogP contribution in [0.2, 0.25) is 0 Å². The van der Waals surface area contributed by atoms with Crippen molar-refractivity contribution in [3.63, 3.8) is 0 Å². The summed E-state index contributed by atoms with van der Waals surface area (Å²) in [5.74, 6) is 0.553. The lowest BCUT2D eigenvalue weighted by Gasteiger charge is -2.24. The van der Waals surface area contributed by atoms with Crippen LogP contribution in [0.3, 0.4) is 0 Å². The van der Waals surface area contributed by atoms with Gasteiger partial charge in [-0.25, -0.2) is 0 Å². The lowest BCUT2D eigenvalue weighted by molar-refractivity contribution is -0.143. The Morgan fingerprint density at radius 2 is 2.31 bits per heavy atom. The Hall–Kier alpha value is -1.03. The molecular formula is C12H18N2O2. The van der Waals surface area contributed by atoms with Crippen molar-refractivity contribution in [1.29, 1.82) is 0 Å². The molecule has 0 bridgehead atoms. The van der Waals surface area contributed by atoms with E-state index in [0.717, 1.165) is 13.0 Å². The quantitative estimate of drug-likeness (QED) is 0.636. The number of carbonyl (C=O) groups excluding carboxylic acids is 1. The average molecular weight is 222 g/mol. The van der Waals surface area contributed by atoms with Crippen LogP contribution in [0.1, 0.15) is 25.7 Å². The van der Waals surface area contributed by atoms with Crippen molar-refractivity contribution in [2.45, 2.75) is 37.8 Å². The fourth-order valence-electron chi connectivity index (χ4n) is 3.36. The molecule has 0 aromatic rings. The number of hydrogen-bond acceptors (Lipinski definition) is 4. The van der Waals surface area contributed by atoms with Gasteiger partial charge < -0.3 is 10.1 Å². The van der Waals surface area contributed by atoms with Crippen LogP contribution in [-0.4, -0.2) is 31.7 Å². The van der Waals surface area contributed by atoms with Crippen molar-refractivity contribution in [1.82, 2.24) is 10.6 Å². The van der Waals surface area contributed by atoms with Crippen molar-refractivity contribution in [2.24, 2.45) is 5.92 Å². The number of carbonyl (C=O) groups is 1. The molecule has 2 N–H and O–H groups in total. The predicted octanol–water partition coefficient (Wildman–Crippen LogP) is 0.547. The van der Waals surface area contributed by atoms with E-state index in [1.54, 1.807) is 0 Å². The molecule has 1 saturated carbocycles. The van der Waals surface area contributed by atoms with E-state index in [1.165, 1.54) is 37.6 Å². The number of methoxy groups -OCH3 is 1. The summed E-state index contributed by atoms with van der Waals surface area (Å²) in [6.45, 7) is 0.794. The largest absolute Gasteiger partial charge is 0.468 e. The van der Waals surface area contributed by atoms with Crippen LogP contribution in [0, 0.1) is 5.92 Å². The van der Waals surface area contributed by atoms with E-state index in [1.807, 2.05) is 0 Å². The molecule has 0 spiro atoms. The Morgan fingerprint density at radius 1 is 1.44 bits per heavy atom. The number of fused-ring (bicyclic) bond motifs is 2. The third-order valence-corrected chi connectivity index (χ3v) is 4.15. The van der Waals surface area contributed by atoms with Crippen LogP contribution in [0.4, 0.5) is 0 Å². The third-order valence-electron chi connectivity index (χ3n) is 4.15.